The van der Waals surface area contributed by atoms with Crippen LogP contribution in [0.25, 0.3) is 0 Å². The molecule has 0 aliphatic carbocycles. The van der Waals surface area contributed by atoms with E-state index in [1.165, 1.54) is 0 Å². The van der Waals surface area contributed by atoms with Crippen molar-refractivity contribution in [1.82, 2.24) is 0 Å². The first-order valence-electron chi connectivity index (χ1n) is 3.87. The van der Waals surface area contributed by atoms with Gasteiger partial charge >= 0.3 is 5.97 Å². The maximum Gasteiger partial charge on any atom is 0.356 e. The van der Waals surface area contributed by atoms with Crippen molar-refractivity contribution in [3.8, 4) is 0 Å². The summed E-state index contributed by atoms with van der Waals surface area (Å²) in [5.41, 5.74) is 5.65. The number of carbonyl (C=O) groups is 1. The Morgan fingerprint density at radius 3 is 3.17 bits per heavy atom. The van der Waals surface area contributed by atoms with Crippen LogP contribution < -0.4 is 5.73 Å². The van der Waals surface area contributed by atoms with Crippen LogP contribution in [0.5, 0.6) is 0 Å². The van der Waals surface area contributed by atoms with Crippen LogP contribution in [0.15, 0.2) is 5.16 Å². The van der Waals surface area contributed by atoms with Gasteiger partial charge in [0.1, 0.15) is 6.10 Å². The Balaban J connectivity index is 2.40. The summed E-state index contributed by atoms with van der Waals surface area (Å²) in [4.78, 5) is 15.9. The molecule has 12 heavy (non-hydrogen) atoms. The Hall–Kier alpha value is -1.10. The Labute approximate surface area is 70.5 Å². The molecule has 0 fully saturated rings. The Morgan fingerprint density at radius 1 is 1.92 bits per heavy atom. The molecule has 0 saturated carbocycles. The van der Waals surface area contributed by atoms with Crippen molar-refractivity contribution in [3.05, 3.63) is 0 Å². The Morgan fingerprint density at radius 2 is 2.67 bits per heavy atom. The van der Waals surface area contributed by atoms with Crippen LogP contribution in [0.4, 0.5) is 0 Å². The van der Waals surface area contributed by atoms with Gasteiger partial charge in [-0.2, -0.15) is 0 Å². The van der Waals surface area contributed by atoms with Gasteiger partial charge in [-0.3, -0.25) is 0 Å². The van der Waals surface area contributed by atoms with Crippen molar-refractivity contribution in [2.45, 2.75) is 19.4 Å². The van der Waals surface area contributed by atoms with Gasteiger partial charge in [0.05, 0.1) is 6.61 Å². The monoisotopic (exact) mass is 172 g/mol. The zero-order chi connectivity index (χ0) is 8.97. The molecule has 68 valence electrons. The summed E-state index contributed by atoms with van der Waals surface area (Å²) in [7, 11) is 0. The number of oxime groups is 1. The smallest absolute Gasteiger partial charge is 0.356 e. The fraction of sp³-hybridized carbons (Fsp3) is 0.714. The van der Waals surface area contributed by atoms with Crippen molar-refractivity contribution < 1.29 is 14.4 Å². The fourth-order valence-electron chi connectivity index (χ4n) is 0.890. The fourth-order valence-corrected chi connectivity index (χ4v) is 0.890. The molecule has 5 nitrogen and oxygen atoms in total. The van der Waals surface area contributed by atoms with Gasteiger partial charge in [-0.25, -0.2) is 4.79 Å². The average Bonchev–Trinajstić information content (AvgIpc) is 2.52. The largest absolute Gasteiger partial charge is 0.461 e. The number of rotatable bonds is 3. The van der Waals surface area contributed by atoms with Crippen molar-refractivity contribution in [2.75, 3.05) is 13.2 Å². The van der Waals surface area contributed by atoms with Gasteiger partial charge < -0.3 is 15.3 Å². The molecular weight excluding hydrogens is 160 g/mol. The van der Waals surface area contributed by atoms with Gasteiger partial charge in [-0.1, -0.05) is 5.16 Å². The van der Waals surface area contributed by atoms with Crippen LogP contribution in [-0.4, -0.2) is 30.9 Å². The third-order valence-corrected chi connectivity index (χ3v) is 1.51. The molecule has 1 heterocycles. The molecule has 0 bridgehead atoms. The van der Waals surface area contributed by atoms with E-state index < -0.39 is 5.97 Å². The summed E-state index contributed by atoms with van der Waals surface area (Å²) >= 11 is 0. The first-order chi connectivity index (χ1) is 5.77. The van der Waals surface area contributed by atoms with Gasteiger partial charge in [-0.15, -0.1) is 0 Å². The zero-order valence-corrected chi connectivity index (χ0v) is 6.95. The van der Waals surface area contributed by atoms with Crippen LogP contribution in [-0.2, 0) is 14.4 Å². The predicted octanol–water partition coefficient (Wildman–Crippen LogP) is -0.347. The van der Waals surface area contributed by atoms with Crippen LogP contribution in [0.3, 0.4) is 0 Å². The number of carbonyl (C=O) groups excluding carboxylic acids is 1. The molecular formula is C7H12N2O3. The van der Waals surface area contributed by atoms with Crippen molar-refractivity contribution in [3.63, 3.8) is 0 Å². The number of hydrogen-bond acceptors (Lipinski definition) is 5. The number of hydrogen-bond donors (Lipinski definition) is 1. The molecule has 1 unspecified atom stereocenters. The normalized spacial score (nSPS) is 21.5. The lowest BCUT2D eigenvalue weighted by molar-refractivity contribution is -0.135. The summed E-state index contributed by atoms with van der Waals surface area (Å²) in [5, 5.41) is 3.57. The molecule has 1 atom stereocenters. The molecule has 0 aromatic heterocycles. The molecule has 0 saturated heterocycles. The summed E-state index contributed by atoms with van der Waals surface area (Å²) in [6.07, 6.45) is 0.291. The van der Waals surface area contributed by atoms with Crippen molar-refractivity contribution >= 4 is 11.7 Å². The minimum absolute atomic E-state index is 0.163. The van der Waals surface area contributed by atoms with Gasteiger partial charge in [0.25, 0.3) is 0 Å². The van der Waals surface area contributed by atoms with E-state index >= 15 is 0 Å². The lowest BCUT2D eigenvalue weighted by Crippen LogP contribution is -2.23. The highest BCUT2D eigenvalue weighted by Gasteiger charge is 2.25. The maximum atomic E-state index is 11.0. The number of ether oxygens (including phenoxy) is 1. The third kappa shape index (κ3) is 1.94. The molecule has 0 radical (unpaired) electrons. The molecule has 1 aliphatic rings. The summed E-state index contributed by atoms with van der Waals surface area (Å²) in [6.45, 7) is 2.46. The second-order valence-electron chi connectivity index (χ2n) is 2.43. The summed E-state index contributed by atoms with van der Waals surface area (Å²) < 4.78 is 4.73. The Kier molecular flexibility index (Phi) is 3.04. The van der Waals surface area contributed by atoms with Crippen LogP contribution in [0, 0.1) is 0 Å². The molecule has 2 N–H and O–H groups in total. The molecule has 5 heteroatoms. The van der Waals surface area contributed by atoms with E-state index in [1.54, 1.807) is 6.92 Å². The average molecular weight is 172 g/mol. The minimum atomic E-state index is -0.409. The van der Waals surface area contributed by atoms with Gasteiger partial charge in [0.2, 0.25) is 0 Å². The van der Waals surface area contributed by atoms with E-state index in [9.17, 15) is 4.79 Å². The van der Waals surface area contributed by atoms with E-state index in [2.05, 4.69) is 5.16 Å². The molecule has 1 rings (SSSR count). The molecule has 0 spiro atoms. The van der Waals surface area contributed by atoms with Crippen molar-refractivity contribution in [2.24, 2.45) is 10.9 Å². The second-order valence-corrected chi connectivity index (χ2v) is 2.43. The molecule has 0 amide bonds. The first-order valence-corrected chi connectivity index (χ1v) is 3.87. The van der Waals surface area contributed by atoms with E-state index in [1.807, 2.05) is 0 Å². The third-order valence-electron chi connectivity index (χ3n) is 1.51. The second kappa shape index (κ2) is 4.06. The lowest BCUT2D eigenvalue weighted by atomic mass is 10.2. The zero-order valence-electron chi connectivity index (χ0n) is 6.95. The summed E-state index contributed by atoms with van der Waals surface area (Å²) in [6, 6.07) is 0. The highest BCUT2D eigenvalue weighted by molar-refractivity contribution is 6.36. The van der Waals surface area contributed by atoms with E-state index in [0.29, 0.717) is 25.3 Å². The molecule has 1 aliphatic heterocycles. The summed E-state index contributed by atoms with van der Waals surface area (Å²) in [5.74, 6) is -0.409. The number of nitrogens with zero attached hydrogens (tertiary/aromatic N) is 1. The van der Waals surface area contributed by atoms with Crippen LogP contribution >= 0.6 is 0 Å². The van der Waals surface area contributed by atoms with E-state index in [0.717, 1.165) is 0 Å². The first kappa shape index (κ1) is 8.99. The molecule has 0 aromatic rings. The van der Waals surface area contributed by atoms with Gasteiger partial charge in [0, 0.05) is 13.0 Å². The maximum absolute atomic E-state index is 11.0. The molecule has 0 aromatic carbocycles. The van der Waals surface area contributed by atoms with Crippen molar-refractivity contribution in [1.29, 1.82) is 0 Å². The van der Waals surface area contributed by atoms with Gasteiger partial charge in [-0.05, 0) is 6.92 Å². The topological polar surface area (TPSA) is 73.9 Å². The van der Waals surface area contributed by atoms with E-state index in [4.69, 9.17) is 15.3 Å². The highest BCUT2D eigenvalue weighted by atomic mass is 16.6. The van der Waals surface area contributed by atoms with Crippen LogP contribution in [0.2, 0.25) is 0 Å². The quantitative estimate of drug-likeness (QED) is 0.590. The van der Waals surface area contributed by atoms with E-state index in [-0.39, 0.29) is 6.10 Å². The standard InChI is InChI=1S/C7H12N2O3/c1-2-11-7(10)6-3-5(4-8)12-9-6/h5H,2-4,8H2,1H3. The van der Waals surface area contributed by atoms with Gasteiger partial charge in [0.15, 0.2) is 5.71 Å². The SMILES string of the molecule is CCOC(=O)C1=NOC(CN)C1. The number of esters is 1. The highest BCUT2D eigenvalue weighted by Crippen LogP contribution is 2.09. The number of nitrogens with two attached hydrogens (primary N) is 1. The van der Waals surface area contributed by atoms with Crippen LogP contribution in [0.1, 0.15) is 13.3 Å². The lowest BCUT2D eigenvalue weighted by Gasteiger charge is -2.01. The Bertz CT molecular complexity index is 203. The predicted molar refractivity (Wildman–Crippen MR) is 42.6 cm³/mol. The minimum Gasteiger partial charge on any atom is -0.461 e.